The molecular weight excluding hydrogens is 1890 g/mol. The highest BCUT2D eigenvalue weighted by molar-refractivity contribution is 9.11. The molecule has 2 N–H and O–H groups in total. The summed E-state index contributed by atoms with van der Waals surface area (Å²) in [4.78, 5) is 48.5. The second-order valence-corrected chi connectivity index (χ2v) is 43.4. The van der Waals surface area contributed by atoms with E-state index in [1.54, 1.807) is 0 Å². The van der Waals surface area contributed by atoms with E-state index in [1.807, 2.05) is 72.5 Å². The van der Waals surface area contributed by atoms with Crippen molar-refractivity contribution in [1.29, 1.82) is 0 Å². The number of hydrogen-bond acceptors (Lipinski definition) is 16. The standard InChI is InChI=1S/2C16H23BrN2O2.2C15H19BrN2O2.2C14H19BrN2O/c1-10-12-5-4-11-13(19(3)18-14(11)17)15(12,2)6-7-16(10)20-8-9-21-16;1-10-12-5-4-11-13(18-19(3)14(11)17)15(12,2)6-7-16(10)20-8-9-21-16;1-8-11-5-4-10-13(18(3)17-14(10)16)15(11,2)6-9(7-19)12(8)20;1-8-11-5-4-10-13(17-18(3)14(10)16)15(11,2)6-9(7-19)12(8)20;1-8-10-5-4-9-12(17(3)16-13(9)15)14(10,2)7-6-11(8)18;1-8-10-5-4-9-12(16-17(3)13(9)15)14(10,2)7-6-11(8)18/h2*10,12H,4-9H2,1-3H3;2*7-8,11,19H,4-6H2,1-3H3;2*8,10H,4-7H2,1-3H3/b;;2*9-7-;;/t2*10-,12-,15-;2*8-,11-,15-;2*8-,10-,14-/m000000/s1. The topological polar surface area (TPSA) is 253 Å². The number of aromatic nitrogens is 12. The normalized spacial score (nSPS) is 36.0. The Hall–Kier alpha value is -4.26. The van der Waals surface area contributed by atoms with E-state index in [-0.39, 0.29) is 79.3 Å². The van der Waals surface area contributed by atoms with Gasteiger partial charge in [-0.2, -0.15) is 30.6 Å². The molecular formula is C90H122Br6N12O10. The summed E-state index contributed by atoms with van der Waals surface area (Å²) < 4.78 is 42.3. The summed E-state index contributed by atoms with van der Waals surface area (Å²) in [6, 6.07) is 0. The van der Waals surface area contributed by atoms with Gasteiger partial charge in [0, 0.05) is 198 Å². The first-order valence-electron chi connectivity index (χ1n) is 43.3. The van der Waals surface area contributed by atoms with Gasteiger partial charge in [-0.1, -0.05) is 83.1 Å². The van der Waals surface area contributed by atoms with Crippen LogP contribution in [-0.4, -0.2) is 130 Å². The maximum atomic E-state index is 12.3. The summed E-state index contributed by atoms with van der Waals surface area (Å²) >= 11 is 21.7. The van der Waals surface area contributed by atoms with Crippen molar-refractivity contribution in [2.75, 3.05) is 26.4 Å². The van der Waals surface area contributed by atoms with E-state index < -0.39 is 0 Å². The lowest BCUT2D eigenvalue weighted by atomic mass is 9.55. The minimum atomic E-state index is -0.326. The Morgan fingerprint density at radius 2 is 0.619 bits per heavy atom. The molecule has 22 nitrogen and oxygen atoms in total. The Morgan fingerprint density at radius 3 is 1.00 bits per heavy atom. The Bertz CT molecular complexity index is 5010. The van der Waals surface area contributed by atoms with Crippen molar-refractivity contribution in [2.24, 2.45) is 113 Å². The van der Waals surface area contributed by atoms with E-state index >= 15 is 0 Å². The van der Waals surface area contributed by atoms with Crippen molar-refractivity contribution in [3.8, 4) is 0 Å². The van der Waals surface area contributed by atoms with Crippen LogP contribution in [0.2, 0.25) is 0 Å². The van der Waals surface area contributed by atoms with E-state index in [0.717, 1.165) is 181 Å². The molecule has 118 heavy (non-hydrogen) atoms. The molecule has 2 saturated heterocycles. The Labute approximate surface area is 746 Å². The molecule has 20 rings (SSSR count). The third kappa shape index (κ3) is 14.1. The van der Waals surface area contributed by atoms with Gasteiger partial charge in [-0.25, -0.2) is 0 Å². The summed E-state index contributed by atoms with van der Waals surface area (Å²) in [7, 11) is 12.0. The molecule has 2 aliphatic heterocycles. The van der Waals surface area contributed by atoms with Gasteiger partial charge in [-0.05, 0) is 247 Å². The highest BCUT2D eigenvalue weighted by atomic mass is 79.9. The van der Waals surface area contributed by atoms with E-state index in [9.17, 15) is 29.4 Å². The van der Waals surface area contributed by atoms with Gasteiger partial charge in [0.2, 0.25) is 0 Å². The van der Waals surface area contributed by atoms with Crippen molar-refractivity contribution in [2.45, 2.75) is 268 Å². The molecule has 8 fully saturated rings. The number of aryl methyl sites for hydroxylation is 6. The average molecular weight is 2010 g/mol. The van der Waals surface area contributed by atoms with Crippen LogP contribution in [0.5, 0.6) is 0 Å². The van der Waals surface area contributed by atoms with Crippen LogP contribution in [0.4, 0.5) is 0 Å². The lowest BCUT2D eigenvalue weighted by Gasteiger charge is -2.54. The van der Waals surface area contributed by atoms with Gasteiger partial charge >= 0.3 is 0 Å². The number of allylic oxidation sites excluding steroid dienone is 2. The molecule has 18 atom stereocenters. The van der Waals surface area contributed by atoms with Crippen LogP contribution in [0.1, 0.15) is 253 Å². The predicted octanol–water partition coefficient (Wildman–Crippen LogP) is 18.5. The first kappa shape index (κ1) is 88.6. The summed E-state index contributed by atoms with van der Waals surface area (Å²) in [6.07, 6.45) is 23.5. The van der Waals surface area contributed by atoms with Crippen LogP contribution in [-0.2, 0) is 151 Å². The number of Topliss-reactive ketones (excluding diaryl/α,β-unsaturated/α-hetero) is 4. The summed E-state index contributed by atoms with van der Waals surface area (Å²) in [5.74, 6) is 4.31. The van der Waals surface area contributed by atoms with Crippen LogP contribution in [0, 0.1) is 71.0 Å². The van der Waals surface area contributed by atoms with Gasteiger partial charge < -0.3 is 29.2 Å². The lowest BCUT2D eigenvalue weighted by molar-refractivity contribution is -0.235. The average Bonchev–Trinajstić information content (AvgIpc) is 1.49. The number of rotatable bonds is 0. The van der Waals surface area contributed by atoms with E-state index in [4.69, 9.17) is 29.1 Å². The predicted molar refractivity (Wildman–Crippen MR) is 472 cm³/mol. The summed E-state index contributed by atoms with van der Waals surface area (Å²) in [5.41, 5.74) is 17.0. The highest BCUT2D eigenvalue weighted by Crippen LogP contribution is 2.62. The van der Waals surface area contributed by atoms with Crippen LogP contribution < -0.4 is 0 Å². The Kier molecular flexibility index (Phi) is 24.5. The molecule has 28 heteroatoms. The van der Waals surface area contributed by atoms with Crippen LogP contribution in [0.25, 0.3) is 0 Å². The van der Waals surface area contributed by atoms with Crippen molar-refractivity contribution < 1.29 is 48.3 Å². The largest absolute Gasteiger partial charge is 0.515 e. The summed E-state index contributed by atoms with van der Waals surface area (Å²) in [5, 5.41) is 46.6. The third-order valence-electron chi connectivity index (χ3n) is 33.1. The number of halogens is 6. The fraction of sp³-hybridized carbons (Fsp3) is 0.711. The van der Waals surface area contributed by atoms with Crippen LogP contribution in [0.15, 0.2) is 51.3 Å². The summed E-state index contributed by atoms with van der Waals surface area (Å²) in [6.45, 7) is 29.6. The molecule has 2 spiro atoms. The first-order valence-corrected chi connectivity index (χ1v) is 48.1. The highest BCUT2D eigenvalue weighted by Gasteiger charge is 2.62. The molecule has 0 bridgehead atoms. The van der Waals surface area contributed by atoms with Gasteiger partial charge in [-0.3, -0.25) is 47.3 Å². The number of hydrogen-bond donors (Lipinski definition) is 2. The third-order valence-corrected chi connectivity index (χ3v) is 38.0. The van der Waals surface area contributed by atoms with Crippen LogP contribution >= 0.6 is 95.6 Å². The van der Waals surface area contributed by atoms with E-state index in [2.05, 4.69) is 197 Å². The second-order valence-electron chi connectivity index (χ2n) is 38.9. The number of aliphatic hydroxyl groups is 2. The molecule has 6 saturated carbocycles. The van der Waals surface area contributed by atoms with Crippen LogP contribution in [0.3, 0.4) is 0 Å². The van der Waals surface area contributed by atoms with Gasteiger partial charge in [0.15, 0.2) is 23.1 Å². The first-order chi connectivity index (χ1) is 55.6. The zero-order valence-corrected chi connectivity index (χ0v) is 81.8. The number of ketones is 4. The Morgan fingerprint density at radius 1 is 0.339 bits per heavy atom. The van der Waals surface area contributed by atoms with E-state index in [1.165, 1.54) is 74.7 Å². The number of carbonyl (C=O) groups excluding carboxylic acids is 4. The molecule has 0 radical (unpaired) electrons. The zero-order chi connectivity index (χ0) is 85.1. The number of fused-ring (bicyclic) bond motifs is 18. The minimum Gasteiger partial charge on any atom is -0.515 e. The maximum Gasteiger partial charge on any atom is 0.171 e. The number of nitrogens with zero attached hydrogens (tertiary/aromatic N) is 12. The molecule has 0 amide bonds. The van der Waals surface area contributed by atoms with Crippen molar-refractivity contribution in [3.63, 3.8) is 0 Å². The van der Waals surface area contributed by atoms with E-state index in [0.29, 0.717) is 89.3 Å². The number of ether oxygens (including phenoxy) is 4. The second kappa shape index (κ2) is 32.6. The smallest absolute Gasteiger partial charge is 0.171 e. The number of carbonyl (C=O) groups is 4. The van der Waals surface area contributed by atoms with Crippen molar-refractivity contribution in [1.82, 2.24) is 58.7 Å². The molecule has 0 unspecified atom stereocenters. The molecule has 6 aromatic heterocycles. The fourth-order valence-electron chi connectivity index (χ4n) is 26.8. The molecule has 12 aliphatic carbocycles. The molecule has 644 valence electrons. The zero-order valence-electron chi connectivity index (χ0n) is 72.3. The number of aliphatic hydroxyl groups excluding tert-OH is 2. The van der Waals surface area contributed by atoms with Gasteiger partial charge in [0.1, 0.15) is 39.2 Å². The molecule has 6 aromatic rings. The maximum absolute atomic E-state index is 12.3. The van der Waals surface area contributed by atoms with Gasteiger partial charge in [-0.15, -0.1) is 0 Å². The van der Waals surface area contributed by atoms with Gasteiger partial charge in [0.25, 0.3) is 0 Å². The minimum absolute atomic E-state index is 0.0472. The van der Waals surface area contributed by atoms with Gasteiger partial charge in [0.05, 0.1) is 56.0 Å². The quantitative estimate of drug-likeness (QED) is 0.106. The molecule has 14 aliphatic rings. The van der Waals surface area contributed by atoms with Crippen molar-refractivity contribution in [3.05, 3.63) is 119 Å². The van der Waals surface area contributed by atoms with Crippen molar-refractivity contribution >= 4 is 119 Å². The molecule has 0 aromatic carbocycles. The molecule has 8 heterocycles. The lowest BCUT2D eigenvalue weighted by Crippen LogP contribution is -2.55. The fourth-order valence-corrected chi connectivity index (χ4v) is 30.1. The Balaban J connectivity index is 0.000000111. The SMILES string of the molecule is C[C@@H]1C(=O)/C(=C\O)C[C@]2(C)c3c(c(Br)nn3C)CC[C@@H]12.C[C@@H]1C(=O)/C(=C\O)C[C@]2(C)c3nn(C)c(Br)c3CC[C@@H]12.C[C@@H]1C(=O)CC[C@]2(C)c3c(c(Br)nn3C)CC[C@@H]12.C[C@@H]1C(=O)CC[C@]2(C)c3nn(C)c(Br)c3CC[C@@H]12.C[C@H]1[C@@H]2CCc3c(Br)nn(C)c3[C@@]2(C)CCC12OCCO2.C[C@H]1[C@@H]2CCc3c(nn(C)c3Br)[C@@]2(C)CCC12OCCO2. The monoisotopic (exact) mass is 2000 g/mol.